The van der Waals surface area contributed by atoms with Crippen LogP contribution in [-0.2, 0) is 6.54 Å². The Morgan fingerprint density at radius 3 is 2.47 bits per heavy atom. The summed E-state index contributed by atoms with van der Waals surface area (Å²) in [6.07, 6.45) is 6.28. The van der Waals surface area contributed by atoms with Crippen molar-refractivity contribution >= 4 is 5.91 Å². The molecular weight excluding hydrogens is 376 g/mol. The third-order valence-electron chi connectivity index (χ3n) is 6.70. The van der Waals surface area contributed by atoms with Crippen LogP contribution in [0.15, 0.2) is 36.5 Å². The van der Waals surface area contributed by atoms with Crippen molar-refractivity contribution in [2.24, 2.45) is 11.3 Å². The standard InChI is InChI=1S/C24H34N4O2/c1-19(2)18-30-22-6-4-3-5-20(22)17-27-13-8-24(9-14-27)10-15-28(16-11-24)23(29)21-7-12-25-26-21/h3-7,12,19H,8-11,13-18H2,1-2H3,(H,25,26). The average molecular weight is 411 g/mol. The SMILES string of the molecule is CC(C)COc1ccccc1CN1CCC2(CC1)CCN(C(=O)c1ccn[nH]1)CC2. The third-order valence-corrected chi connectivity index (χ3v) is 6.70. The minimum Gasteiger partial charge on any atom is -0.493 e. The van der Waals surface area contributed by atoms with Crippen molar-refractivity contribution in [2.75, 3.05) is 32.8 Å². The normalized spacial score (nSPS) is 19.4. The van der Waals surface area contributed by atoms with E-state index in [1.54, 1.807) is 12.3 Å². The predicted molar refractivity (Wildman–Crippen MR) is 117 cm³/mol. The van der Waals surface area contributed by atoms with Crippen LogP contribution in [0.25, 0.3) is 0 Å². The summed E-state index contributed by atoms with van der Waals surface area (Å²) >= 11 is 0. The second-order valence-electron chi connectivity index (χ2n) is 9.35. The van der Waals surface area contributed by atoms with Crippen LogP contribution in [0.3, 0.4) is 0 Å². The van der Waals surface area contributed by atoms with E-state index in [9.17, 15) is 4.79 Å². The summed E-state index contributed by atoms with van der Waals surface area (Å²) in [6.45, 7) is 10.0. The van der Waals surface area contributed by atoms with Crippen molar-refractivity contribution in [3.05, 3.63) is 47.8 Å². The number of aromatic nitrogens is 2. The highest BCUT2D eigenvalue weighted by atomic mass is 16.5. The quantitative estimate of drug-likeness (QED) is 0.783. The zero-order valence-electron chi connectivity index (χ0n) is 18.3. The van der Waals surface area contributed by atoms with E-state index in [2.05, 4.69) is 53.2 Å². The van der Waals surface area contributed by atoms with Gasteiger partial charge in [0.1, 0.15) is 11.4 Å². The van der Waals surface area contributed by atoms with Crippen LogP contribution in [0.4, 0.5) is 0 Å². The number of hydrogen-bond acceptors (Lipinski definition) is 4. The Labute approximate surface area is 179 Å². The number of amides is 1. The summed E-state index contributed by atoms with van der Waals surface area (Å²) in [7, 11) is 0. The lowest BCUT2D eigenvalue weighted by atomic mass is 9.71. The molecule has 1 spiro atoms. The summed E-state index contributed by atoms with van der Waals surface area (Å²) in [4.78, 5) is 17.1. The van der Waals surface area contributed by atoms with E-state index in [-0.39, 0.29) is 5.91 Å². The largest absolute Gasteiger partial charge is 0.493 e. The second-order valence-corrected chi connectivity index (χ2v) is 9.35. The number of benzene rings is 1. The van der Waals surface area contributed by atoms with Crippen LogP contribution in [-0.4, -0.2) is 58.7 Å². The van der Waals surface area contributed by atoms with Gasteiger partial charge >= 0.3 is 0 Å². The molecule has 0 aliphatic carbocycles. The first-order valence-corrected chi connectivity index (χ1v) is 11.3. The molecule has 0 atom stereocenters. The first-order valence-electron chi connectivity index (χ1n) is 11.3. The van der Waals surface area contributed by atoms with Gasteiger partial charge in [-0.2, -0.15) is 5.10 Å². The molecular formula is C24H34N4O2. The van der Waals surface area contributed by atoms with Gasteiger partial charge in [0.25, 0.3) is 5.91 Å². The first kappa shape index (κ1) is 20.9. The Hall–Kier alpha value is -2.34. The molecule has 0 bridgehead atoms. The molecule has 2 aliphatic heterocycles. The number of piperidine rings is 2. The van der Waals surface area contributed by atoms with Gasteiger partial charge in [0, 0.05) is 31.4 Å². The molecule has 4 rings (SSSR count). The molecule has 6 heteroatoms. The van der Waals surface area contributed by atoms with Gasteiger partial charge in [0.15, 0.2) is 0 Å². The Morgan fingerprint density at radius 2 is 1.80 bits per heavy atom. The van der Waals surface area contributed by atoms with Crippen molar-refractivity contribution in [1.29, 1.82) is 0 Å². The maximum atomic E-state index is 12.5. The third kappa shape index (κ3) is 4.86. The van der Waals surface area contributed by atoms with E-state index >= 15 is 0 Å². The number of likely N-dealkylation sites (tertiary alicyclic amines) is 2. The van der Waals surface area contributed by atoms with Crippen LogP contribution in [0.2, 0.25) is 0 Å². The van der Waals surface area contributed by atoms with Gasteiger partial charge in [-0.25, -0.2) is 0 Å². The Kier molecular flexibility index (Phi) is 6.42. The van der Waals surface area contributed by atoms with Gasteiger partial charge in [-0.3, -0.25) is 14.8 Å². The van der Waals surface area contributed by atoms with Crippen molar-refractivity contribution in [3.8, 4) is 5.75 Å². The van der Waals surface area contributed by atoms with Crippen LogP contribution in [0.5, 0.6) is 5.75 Å². The number of ether oxygens (including phenoxy) is 1. The van der Waals surface area contributed by atoms with Crippen LogP contribution < -0.4 is 4.74 Å². The number of carbonyl (C=O) groups is 1. The van der Waals surface area contributed by atoms with Crippen LogP contribution >= 0.6 is 0 Å². The number of nitrogens with one attached hydrogen (secondary N) is 1. The molecule has 2 aromatic rings. The zero-order valence-corrected chi connectivity index (χ0v) is 18.3. The van der Waals surface area contributed by atoms with Gasteiger partial charge in [0.2, 0.25) is 0 Å². The van der Waals surface area contributed by atoms with E-state index in [1.807, 2.05) is 4.90 Å². The molecule has 2 fully saturated rings. The van der Waals surface area contributed by atoms with Crippen molar-refractivity contribution in [3.63, 3.8) is 0 Å². The van der Waals surface area contributed by atoms with Gasteiger partial charge in [-0.05, 0) is 62.2 Å². The maximum Gasteiger partial charge on any atom is 0.271 e. The zero-order chi connectivity index (χ0) is 21.0. The molecule has 162 valence electrons. The van der Waals surface area contributed by atoms with Gasteiger partial charge in [-0.1, -0.05) is 32.0 Å². The highest BCUT2D eigenvalue weighted by Gasteiger charge is 2.38. The summed E-state index contributed by atoms with van der Waals surface area (Å²) in [5, 5.41) is 6.70. The fraction of sp³-hybridized carbons (Fsp3) is 0.583. The van der Waals surface area contributed by atoms with E-state index in [0.717, 1.165) is 57.9 Å². The molecule has 3 heterocycles. The summed E-state index contributed by atoms with van der Waals surface area (Å²) in [5.74, 6) is 1.63. The molecule has 0 unspecified atom stereocenters. The molecule has 1 aromatic carbocycles. The number of para-hydroxylation sites is 1. The lowest BCUT2D eigenvalue weighted by molar-refractivity contribution is 0.0280. The van der Waals surface area contributed by atoms with E-state index in [0.29, 0.717) is 17.0 Å². The highest BCUT2D eigenvalue weighted by Crippen LogP contribution is 2.42. The minimum atomic E-state index is 0.0813. The molecule has 2 aliphatic rings. The van der Waals surface area contributed by atoms with Crippen molar-refractivity contribution < 1.29 is 9.53 Å². The monoisotopic (exact) mass is 410 g/mol. The summed E-state index contributed by atoms with van der Waals surface area (Å²) in [5.41, 5.74) is 2.28. The van der Waals surface area contributed by atoms with Crippen molar-refractivity contribution in [1.82, 2.24) is 20.0 Å². The van der Waals surface area contributed by atoms with Gasteiger partial charge < -0.3 is 9.64 Å². The molecule has 1 aromatic heterocycles. The smallest absolute Gasteiger partial charge is 0.271 e. The number of rotatable bonds is 6. The molecule has 2 saturated heterocycles. The lowest BCUT2D eigenvalue weighted by Crippen LogP contribution is -2.48. The fourth-order valence-corrected chi connectivity index (χ4v) is 4.69. The van der Waals surface area contributed by atoms with Crippen LogP contribution in [0, 0.1) is 11.3 Å². The van der Waals surface area contributed by atoms with Gasteiger partial charge in [0.05, 0.1) is 6.61 Å². The lowest BCUT2D eigenvalue weighted by Gasteiger charge is -2.47. The number of H-pyrrole nitrogens is 1. The number of aromatic amines is 1. The summed E-state index contributed by atoms with van der Waals surface area (Å²) in [6, 6.07) is 10.2. The Balaban J connectivity index is 1.28. The molecule has 1 amide bonds. The summed E-state index contributed by atoms with van der Waals surface area (Å²) < 4.78 is 6.04. The second kappa shape index (κ2) is 9.21. The van der Waals surface area contributed by atoms with E-state index in [1.165, 1.54) is 18.4 Å². The first-order chi connectivity index (χ1) is 14.5. The molecule has 1 N–H and O–H groups in total. The van der Waals surface area contributed by atoms with Crippen LogP contribution in [0.1, 0.15) is 55.6 Å². The minimum absolute atomic E-state index is 0.0813. The molecule has 30 heavy (non-hydrogen) atoms. The van der Waals surface area contributed by atoms with E-state index in [4.69, 9.17) is 4.74 Å². The fourth-order valence-electron chi connectivity index (χ4n) is 4.69. The molecule has 0 saturated carbocycles. The average Bonchev–Trinajstić information content (AvgIpc) is 3.30. The van der Waals surface area contributed by atoms with Gasteiger partial charge in [-0.15, -0.1) is 0 Å². The van der Waals surface area contributed by atoms with Crippen molar-refractivity contribution in [2.45, 2.75) is 46.1 Å². The molecule has 0 radical (unpaired) electrons. The topological polar surface area (TPSA) is 61.5 Å². The number of carbonyl (C=O) groups excluding carboxylic acids is 1. The Bertz CT molecular complexity index is 815. The van der Waals surface area contributed by atoms with E-state index < -0.39 is 0 Å². The predicted octanol–water partition coefficient (Wildman–Crippen LogP) is 3.96. The highest BCUT2D eigenvalue weighted by molar-refractivity contribution is 5.92. The number of hydrogen-bond donors (Lipinski definition) is 1. The maximum absolute atomic E-state index is 12.5. The number of nitrogens with zero attached hydrogens (tertiary/aromatic N) is 3. The molecule has 6 nitrogen and oxygen atoms in total. The Morgan fingerprint density at radius 1 is 1.10 bits per heavy atom.